The third kappa shape index (κ3) is 2.76. The third-order valence-corrected chi connectivity index (χ3v) is 6.23. The van der Waals surface area contributed by atoms with Gasteiger partial charge in [-0.05, 0) is 30.7 Å². The fraction of sp³-hybridized carbons (Fsp3) is 0.348. The number of methoxy groups -OCH3 is 2. The first kappa shape index (κ1) is 19.9. The molecule has 2 aliphatic rings. The summed E-state index contributed by atoms with van der Waals surface area (Å²) in [5, 5.41) is 11.8. The molecule has 0 saturated heterocycles. The van der Waals surface area contributed by atoms with E-state index in [4.69, 9.17) is 19.2 Å². The highest BCUT2D eigenvalue weighted by Gasteiger charge is 2.45. The van der Waals surface area contributed by atoms with Crippen LogP contribution in [0.5, 0.6) is 0 Å². The normalized spacial score (nSPS) is 19.3. The second-order valence-electron chi connectivity index (χ2n) is 7.85. The van der Waals surface area contributed by atoms with Gasteiger partial charge in [0.15, 0.2) is 11.9 Å². The Morgan fingerprint density at radius 2 is 2.00 bits per heavy atom. The number of carbonyl (C=O) groups is 1. The van der Waals surface area contributed by atoms with Crippen LogP contribution in [0.25, 0.3) is 22.3 Å². The lowest BCUT2D eigenvalue weighted by Gasteiger charge is -2.31. The summed E-state index contributed by atoms with van der Waals surface area (Å²) in [6.07, 6.45) is -0.365. The monoisotopic (exact) mass is 422 g/mol. The number of rotatable bonds is 4. The zero-order valence-electron chi connectivity index (χ0n) is 17.5. The molecule has 8 heteroatoms. The quantitative estimate of drug-likeness (QED) is 0.398. The lowest BCUT2D eigenvalue weighted by atomic mass is 9.86. The van der Waals surface area contributed by atoms with E-state index in [0.29, 0.717) is 29.1 Å². The van der Waals surface area contributed by atoms with Gasteiger partial charge >= 0.3 is 5.97 Å². The lowest BCUT2D eigenvalue weighted by molar-refractivity contribution is -0.172. The molecule has 0 spiro atoms. The van der Waals surface area contributed by atoms with Crippen LogP contribution in [0, 0.1) is 0 Å². The predicted octanol–water partition coefficient (Wildman–Crippen LogP) is 2.37. The van der Waals surface area contributed by atoms with Gasteiger partial charge < -0.3 is 23.9 Å². The Hall–Kier alpha value is -3.07. The van der Waals surface area contributed by atoms with Gasteiger partial charge in [0.1, 0.15) is 6.61 Å². The molecule has 1 atom stereocenters. The summed E-state index contributed by atoms with van der Waals surface area (Å²) in [4.78, 5) is 30.3. The summed E-state index contributed by atoms with van der Waals surface area (Å²) >= 11 is 0. The van der Waals surface area contributed by atoms with Crippen LogP contribution in [0.2, 0.25) is 0 Å². The molecule has 1 N–H and O–H groups in total. The van der Waals surface area contributed by atoms with Crippen molar-refractivity contribution in [1.29, 1.82) is 0 Å². The minimum atomic E-state index is -1.83. The minimum absolute atomic E-state index is 0.114. The van der Waals surface area contributed by atoms with E-state index >= 15 is 0 Å². The Kier molecular flexibility index (Phi) is 4.47. The fourth-order valence-corrected chi connectivity index (χ4v) is 4.52. The van der Waals surface area contributed by atoms with Crippen molar-refractivity contribution in [1.82, 2.24) is 9.55 Å². The molecule has 5 rings (SSSR count). The second-order valence-corrected chi connectivity index (χ2v) is 7.85. The van der Waals surface area contributed by atoms with Crippen molar-refractivity contribution in [2.24, 2.45) is 0 Å². The number of fused-ring (bicyclic) bond motifs is 5. The van der Waals surface area contributed by atoms with Crippen LogP contribution < -0.4 is 5.56 Å². The summed E-state index contributed by atoms with van der Waals surface area (Å²) in [7, 11) is 3.16. The minimum Gasteiger partial charge on any atom is -0.458 e. The van der Waals surface area contributed by atoms with Crippen LogP contribution in [0.1, 0.15) is 41.9 Å². The van der Waals surface area contributed by atoms with Gasteiger partial charge in [-0.1, -0.05) is 13.0 Å². The zero-order valence-corrected chi connectivity index (χ0v) is 17.5. The van der Waals surface area contributed by atoms with Gasteiger partial charge in [0.05, 0.1) is 29.0 Å². The van der Waals surface area contributed by atoms with E-state index in [9.17, 15) is 14.7 Å². The number of aliphatic hydroxyl groups is 1. The largest absolute Gasteiger partial charge is 0.458 e. The Morgan fingerprint density at radius 3 is 2.71 bits per heavy atom. The van der Waals surface area contributed by atoms with E-state index in [0.717, 1.165) is 22.0 Å². The average Bonchev–Trinajstić information content (AvgIpc) is 3.14. The van der Waals surface area contributed by atoms with Crippen LogP contribution in [0.15, 0.2) is 35.1 Å². The Bertz CT molecular complexity index is 1290. The lowest BCUT2D eigenvalue weighted by Crippen LogP contribution is -2.44. The molecular weight excluding hydrogens is 400 g/mol. The number of ether oxygens (including phenoxy) is 3. The Labute approximate surface area is 178 Å². The number of carbonyl (C=O) groups excluding carboxylic acids is 1. The molecule has 8 nitrogen and oxygen atoms in total. The number of hydrogen-bond acceptors (Lipinski definition) is 7. The van der Waals surface area contributed by atoms with Gasteiger partial charge in [-0.15, -0.1) is 0 Å². The molecule has 0 saturated carbocycles. The first-order chi connectivity index (χ1) is 14.9. The molecule has 0 unspecified atom stereocenters. The van der Waals surface area contributed by atoms with Gasteiger partial charge in [-0.25, -0.2) is 9.78 Å². The highest BCUT2D eigenvalue weighted by atomic mass is 16.7. The van der Waals surface area contributed by atoms with E-state index in [1.807, 2.05) is 24.3 Å². The molecule has 2 aromatic heterocycles. The van der Waals surface area contributed by atoms with E-state index < -0.39 is 17.9 Å². The summed E-state index contributed by atoms with van der Waals surface area (Å²) in [5.74, 6) is -0.727. The summed E-state index contributed by atoms with van der Waals surface area (Å²) in [6, 6.07) is 9.45. The average molecular weight is 422 g/mol. The van der Waals surface area contributed by atoms with Crippen molar-refractivity contribution in [3.8, 4) is 11.4 Å². The summed E-state index contributed by atoms with van der Waals surface area (Å²) in [6.45, 7) is 1.91. The molecule has 31 heavy (non-hydrogen) atoms. The standard InChI is InChI=1S/C23H22N2O6/c1-4-23(28)16-9-18-19-14(10-25(18)20(26)15(16)11-31-22(23)27)8-13-7-12(21(29-2)30-3)5-6-17(13)24-19/h5-9,21,28H,4,10-11H2,1-3H3/t23-/m0/s1. The molecule has 0 amide bonds. The molecule has 0 aliphatic carbocycles. The van der Waals surface area contributed by atoms with E-state index in [1.54, 1.807) is 31.8 Å². The van der Waals surface area contributed by atoms with Crippen LogP contribution >= 0.6 is 0 Å². The molecule has 0 fully saturated rings. The number of aromatic nitrogens is 2. The first-order valence-electron chi connectivity index (χ1n) is 10.1. The summed E-state index contributed by atoms with van der Waals surface area (Å²) < 4.78 is 17.4. The third-order valence-electron chi connectivity index (χ3n) is 6.23. The van der Waals surface area contributed by atoms with Crippen molar-refractivity contribution in [3.05, 3.63) is 62.9 Å². The molecule has 2 aliphatic heterocycles. The number of pyridine rings is 2. The van der Waals surface area contributed by atoms with Gasteiger partial charge in [-0.3, -0.25) is 4.79 Å². The Balaban J connectivity index is 1.69. The molecule has 0 radical (unpaired) electrons. The highest BCUT2D eigenvalue weighted by Crippen LogP contribution is 2.38. The van der Waals surface area contributed by atoms with E-state index in [2.05, 4.69) is 0 Å². The predicted molar refractivity (Wildman–Crippen MR) is 111 cm³/mol. The number of esters is 1. The fourth-order valence-electron chi connectivity index (χ4n) is 4.52. The highest BCUT2D eigenvalue weighted by molar-refractivity contribution is 5.86. The van der Waals surface area contributed by atoms with Crippen LogP contribution in [-0.4, -0.2) is 34.8 Å². The van der Waals surface area contributed by atoms with Crippen molar-refractivity contribution in [3.63, 3.8) is 0 Å². The van der Waals surface area contributed by atoms with Crippen molar-refractivity contribution in [2.45, 2.75) is 38.4 Å². The van der Waals surface area contributed by atoms with Crippen LogP contribution in [0.3, 0.4) is 0 Å². The number of cyclic esters (lactones) is 1. The van der Waals surface area contributed by atoms with Crippen molar-refractivity contribution < 1.29 is 24.1 Å². The molecular formula is C23H22N2O6. The molecule has 3 aromatic rings. The van der Waals surface area contributed by atoms with Crippen LogP contribution in [0.4, 0.5) is 0 Å². The molecule has 0 bridgehead atoms. The maximum atomic E-state index is 13.2. The summed E-state index contributed by atoms with van der Waals surface area (Å²) in [5.41, 5.74) is 2.32. The topological polar surface area (TPSA) is 99.9 Å². The van der Waals surface area contributed by atoms with Gasteiger partial charge in [0, 0.05) is 36.3 Å². The number of nitrogens with zero attached hydrogens (tertiary/aromatic N) is 2. The van der Waals surface area contributed by atoms with Gasteiger partial charge in [0.25, 0.3) is 5.56 Å². The van der Waals surface area contributed by atoms with Gasteiger partial charge in [-0.2, -0.15) is 0 Å². The smallest absolute Gasteiger partial charge is 0.343 e. The molecule has 160 valence electrons. The van der Waals surface area contributed by atoms with Crippen molar-refractivity contribution in [2.75, 3.05) is 14.2 Å². The second kappa shape index (κ2) is 6.98. The maximum absolute atomic E-state index is 13.2. The van der Waals surface area contributed by atoms with E-state index in [1.165, 1.54) is 0 Å². The molecule has 4 heterocycles. The number of benzene rings is 1. The maximum Gasteiger partial charge on any atom is 0.343 e. The molecule has 1 aromatic carbocycles. The van der Waals surface area contributed by atoms with E-state index in [-0.39, 0.29) is 18.6 Å². The van der Waals surface area contributed by atoms with Gasteiger partial charge in [0.2, 0.25) is 0 Å². The first-order valence-corrected chi connectivity index (χ1v) is 10.1. The zero-order chi connectivity index (χ0) is 21.9. The van der Waals surface area contributed by atoms with Crippen LogP contribution in [-0.2, 0) is 37.8 Å². The Morgan fingerprint density at radius 1 is 1.23 bits per heavy atom. The van der Waals surface area contributed by atoms with Crippen molar-refractivity contribution >= 4 is 16.9 Å². The SMILES string of the molecule is CC[C@@]1(O)C(=O)OCc2c1cc1n(c2=O)Cc2cc3cc(C(OC)OC)ccc3nc2-1. The number of hydrogen-bond donors (Lipinski definition) is 1.